The third-order valence-electron chi connectivity index (χ3n) is 4.26. The van der Waals surface area contributed by atoms with E-state index >= 15 is 0 Å². The van der Waals surface area contributed by atoms with Crippen molar-refractivity contribution >= 4 is 54.4 Å². The number of piperidine rings is 1. The predicted octanol–water partition coefficient (Wildman–Crippen LogP) is 3.10. The lowest BCUT2D eigenvalue weighted by Gasteiger charge is -2.31. The molecule has 2 N–H and O–H groups in total. The highest BCUT2D eigenvalue weighted by Gasteiger charge is 2.25. The second-order valence-corrected chi connectivity index (χ2v) is 11.6. The Morgan fingerprint density at radius 2 is 1.59 bits per heavy atom. The quantitative estimate of drug-likeness (QED) is 0.706. The lowest BCUT2D eigenvalue weighted by atomic mass is 10.1. The number of hydrogen-bond acceptors (Lipinski definition) is 6. The van der Waals surface area contributed by atoms with Gasteiger partial charge in [0.2, 0.25) is 10.0 Å². The maximum atomic E-state index is 12.8. The summed E-state index contributed by atoms with van der Waals surface area (Å²) in [4.78, 5) is 2.08. The van der Waals surface area contributed by atoms with Gasteiger partial charge in [-0.2, -0.15) is 0 Å². The monoisotopic (exact) mass is 449 g/mol. The second kappa shape index (κ2) is 7.96. The number of sulfonamides is 2. The van der Waals surface area contributed by atoms with Gasteiger partial charge in [-0.25, -0.2) is 21.6 Å². The normalized spacial score (nSPS) is 15.7. The summed E-state index contributed by atoms with van der Waals surface area (Å²) in [6.07, 6.45) is 3.18. The van der Waals surface area contributed by atoms with Crippen LogP contribution in [0.1, 0.15) is 19.3 Å². The van der Waals surface area contributed by atoms with Crippen molar-refractivity contribution in [2.24, 2.45) is 0 Å². The van der Waals surface area contributed by atoms with Crippen molar-refractivity contribution in [3.8, 4) is 0 Å². The van der Waals surface area contributed by atoms with Crippen LogP contribution in [-0.2, 0) is 20.0 Å². The van der Waals surface area contributed by atoms with Crippen molar-refractivity contribution in [3.63, 3.8) is 0 Å². The van der Waals surface area contributed by atoms with E-state index in [2.05, 4.69) is 14.3 Å². The van der Waals surface area contributed by atoms with Gasteiger partial charge in [0.05, 0.1) is 16.4 Å². The summed E-state index contributed by atoms with van der Waals surface area (Å²) < 4.78 is 53.9. The SMILES string of the molecule is CNS(=O)(=O)c1ccc(S(=O)(=O)Nc2cccc(Cl)c2N2CCCCC2)s1. The molecule has 1 aliphatic rings. The summed E-state index contributed by atoms with van der Waals surface area (Å²) in [6.45, 7) is 1.62. The highest BCUT2D eigenvalue weighted by atomic mass is 35.5. The van der Waals surface area contributed by atoms with E-state index in [1.54, 1.807) is 18.2 Å². The smallest absolute Gasteiger partial charge is 0.271 e. The molecule has 1 aliphatic heterocycles. The average Bonchev–Trinajstić information content (AvgIpc) is 3.14. The minimum Gasteiger partial charge on any atom is -0.369 e. The molecule has 0 aliphatic carbocycles. The first-order chi connectivity index (χ1) is 12.7. The molecule has 0 unspecified atom stereocenters. The van der Waals surface area contributed by atoms with Gasteiger partial charge in [0, 0.05) is 13.1 Å². The van der Waals surface area contributed by atoms with Gasteiger partial charge in [-0.05, 0) is 50.6 Å². The number of rotatable bonds is 6. The summed E-state index contributed by atoms with van der Waals surface area (Å²) in [6, 6.07) is 7.62. The van der Waals surface area contributed by atoms with Crippen molar-refractivity contribution in [2.45, 2.75) is 27.7 Å². The summed E-state index contributed by atoms with van der Waals surface area (Å²) in [7, 11) is -6.37. The number of thiophene rings is 1. The number of nitrogens with zero attached hydrogens (tertiary/aromatic N) is 1. The molecule has 0 radical (unpaired) electrons. The van der Waals surface area contributed by atoms with Gasteiger partial charge in [-0.3, -0.25) is 4.72 Å². The van der Waals surface area contributed by atoms with E-state index in [4.69, 9.17) is 11.6 Å². The molecule has 7 nitrogen and oxygen atoms in total. The van der Waals surface area contributed by atoms with Crippen LogP contribution in [0.15, 0.2) is 38.8 Å². The molecule has 1 aromatic heterocycles. The van der Waals surface area contributed by atoms with E-state index in [1.807, 2.05) is 0 Å². The van der Waals surface area contributed by atoms with Crippen molar-refractivity contribution in [3.05, 3.63) is 35.4 Å². The first kappa shape index (κ1) is 20.4. The van der Waals surface area contributed by atoms with Crippen LogP contribution in [-0.4, -0.2) is 37.0 Å². The molecule has 11 heteroatoms. The molecule has 0 amide bonds. The molecule has 0 bridgehead atoms. The molecule has 27 heavy (non-hydrogen) atoms. The number of halogens is 1. The Labute approximate surface area is 168 Å². The summed E-state index contributed by atoms with van der Waals surface area (Å²) in [5.74, 6) is 0. The highest BCUT2D eigenvalue weighted by molar-refractivity contribution is 7.96. The van der Waals surface area contributed by atoms with Crippen LogP contribution in [0, 0.1) is 0 Å². The van der Waals surface area contributed by atoms with Crippen molar-refractivity contribution in [1.29, 1.82) is 0 Å². The number of benzene rings is 1. The minimum absolute atomic E-state index is 0.0623. The maximum absolute atomic E-state index is 12.8. The third-order valence-corrected chi connectivity index (χ3v) is 9.41. The van der Waals surface area contributed by atoms with E-state index in [0.717, 1.165) is 32.4 Å². The molecular weight excluding hydrogens is 430 g/mol. The lowest BCUT2D eigenvalue weighted by Crippen LogP contribution is -2.30. The van der Waals surface area contributed by atoms with Gasteiger partial charge >= 0.3 is 0 Å². The van der Waals surface area contributed by atoms with Gasteiger partial charge in [0.15, 0.2) is 0 Å². The molecule has 3 rings (SSSR count). The van der Waals surface area contributed by atoms with Crippen LogP contribution in [0.25, 0.3) is 0 Å². The number of nitrogens with one attached hydrogen (secondary N) is 2. The van der Waals surface area contributed by atoms with E-state index in [-0.39, 0.29) is 8.42 Å². The van der Waals surface area contributed by atoms with E-state index in [0.29, 0.717) is 27.7 Å². The van der Waals surface area contributed by atoms with Crippen LogP contribution in [0.5, 0.6) is 0 Å². The standard InChI is InChI=1S/C16H20ClN3O4S3/c1-18-26(21,22)14-8-9-15(25-14)27(23,24)19-13-7-5-6-12(17)16(13)20-10-3-2-4-11-20/h5-9,18-19H,2-4,10-11H2,1H3. The highest BCUT2D eigenvalue weighted by Crippen LogP contribution is 2.37. The van der Waals surface area contributed by atoms with Gasteiger partial charge in [-0.15, -0.1) is 11.3 Å². The molecule has 1 saturated heterocycles. The molecule has 148 valence electrons. The largest absolute Gasteiger partial charge is 0.369 e. The zero-order chi connectivity index (χ0) is 19.7. The average molecular weight is 450 g/mol. The molecule has 1 aromatic carbocycles. The number of para-hydroxylation sites is 1. The molecule has 2 aromatic rings. The molecule has 0 spiro atoms. The Hall–Kier alpha value is -1.33. The Bertz CT molecular complexity index is 1030. The molecule has 0 atom stereocenters. The van der Waals surface area contributed by atoms with Crippen LogP contribution < -0.4 is 14.3 Å². The zero-order valence-electron chi connectivity index (χ0n) is 14.6. The Balaban J connectivity index is 1.94. The fourth-order valence-electron chi connectivity index (χ4n) is 2.92. The maximum Gasteiger partial charge on any atom is 0.271 e. The Morgan fingerprint density at radius 1 is 0.963 bits per heavy atom. The van der Waals surface area contributed by atoms with Gasteiger partial charge < -0.3 is 4.90 Å². The molecule has 2 heterocycles. The number of hydrogen-bond donors (Lipinski definition) is 2. The molecular formula is C16H20ClN3O4S3. The van der Waals surface area contributed by atoms with Crippen LogP contribution in [0.4, 0.5) is 11.4 Å². The molecule has 1 fully saturated rings. The first-order valence-electron chi connectivity index (χ1n) is 8.34. The fourth-order valence-corrected chi connectivity index (χ4v) is 6.89. The van der Waals surface area contributed by atoms with Crippen molar-refractivity contribution in [2.75, 3.05) is 29.8 Å². The van der Waals surface area contributed by atoms with Crippen LogP contribution in [0.2, 0.25) is 5.02 Å². The zero-order valence-corrected chi connectivity index (χ0v) is 17.8. The Morgan fingerprint density at radius 3 is 2.22 bits per heavy atom. The van der Waals surface area contributed by atoms with Crippen LogP contribution >= 0.6 is 22.9 Å². The topological polar surface area (TPSA) is 95.6 Å². The molecule has 0 saturated carbocycles. The lowest BCUT2D eigenvalue weighted by molar-refractivity contribution is 0.578. The summed E-state index contributed by atoms with van der Waals surface area (Å²) in [5, 5.41) is 0.474. The summed E-state index contributed by atoms with van der Waals surface area (Å²) >= 11 is 7.05. The minimum atomic E-state index is -3.95. The van der Waals surface area contributed by atoms with E-state index < -0.39 is 20.0 Å². The van der Waals surface area contributed by atoms with E-state index in [1.165, 1.54) is 19.2 Å². The van der Waals surface area contributed by atoms with Gasteiger partial charge in [-0.1, -0.05) is 17.7 Å². The first-order valence-corrected chi connectivity index (χ1v) is 12.5. The van der Waals surface area contributed by atoms with Gasteiger partial charge in [0.1, 0.15) is 8.42 Å². The second-order valence-electron chi connectivity index (χ2n) is 6.07. The Kier molecular flexibility index (Phi) is 6.02. The third kappa shape index (κ3) is 4.40. The van der Waals surface area contributed by atoms with Crippen molar-refractivity contribution < 1.29 is 16.8 Å². The number of anilines is 2. The summed E-state index contributed by atoms with van der Waals surface area (Å²) in [5.41, 5.74) is 1.04. The van der Waals surface area contributed by atoms with Crippen molar-refractivity contribution in [1.82, 2.24) is 4.72 Å². The fraction of sp³-hybridized carbons (Fsp3) is 0.375. The predicted molar refractivity (Wildman–Crippen MR) is 109 cm³/mol. The van der Waals surface area contributed by atoms with E-state index in [9.17, 15) is 16.8 Å². The van der Waals surface area contributed by atoms with Crippen LogP contribution in [0.3, 0.4) is 0 Å². The van der Waals surface area contributed by atoms with Gasteiger partial charge in [0.25, 0.3) is 10.0 Å².